The predicted octanol–water partition coefficient (Wildman–Crippen LogP) is 1.64. The lowest BCUT2D eigenvalue weighted by Gasteiger charge is -2.33. The summed E-state index contributed by atoms with van der Waals surface area (Å²) >= 11 is 0. The Labute approximate surface area is 152 Å². The van der Waals surface area contributed by atoms with E-state index in [4.69, 9.17) is 0 Å². The molecule has 0 bridgehead atoms. The number of nitrogens with one attached hydrogen (secondary N) is 2. The molecule has 0 spiro atoms. The molecular weight excluding hydrogens is 334 g/mol. The van der Waals surface area contributed by atoms with Gasteiger partial charge in [-0.05, 0) is 63.7 Å². The first-order valence-electron chi connectivity index (χ1n) is 9.59. The molecule has 2 N–H and O–H groups in total. The number of benzene rings is 1. The molecule has 6 heteroatoms. The van der Waals surface area contributed by atoms with Crippen LogP contribution >= 0.6 is 0 Å². The second-order valence-corrected chi connectivity index (χ2v) is 8.78. The summed E-state index contributed by atoms with van der Waals surface area (Å²) in [5.74, 6) is 0.703. The quantitative estimate of drug-likeness (QED) is 0.615. The Bertz CT molecular complexity index is 644. The smallest absolute Gasteiger partial charge is 0.201 e. The van der Waals surface area contributed by atoms with Crippen molar-refractivity contribution in [1.82, 2.24) is 14.9 Å². The van der Waals surface area contributed by atoms with Crippen LogP contribution in [0.5, 0.6) is 0 Å². The van der Waals surface area contributed by atoms with E-state index in [1.165, 1.54) is 24.8 Å². The van der Waals surface area contributed by atoms with E-state index in [0.717, 1.165) is 38.9 Å². The van der Waals surface area contributed by atoms with Crippen LogP contribution in [0.4, 0.5) is 0 Å². The molecule has 0 radical (unpaired) electrons. The Morgan fingerprint density at radius 1 is 1.12 bits per heavy atom. The molecule has 4 rings (SSSR count). The Kier molecular flexibility index (Phi) is 5.13. The highest BCUT2D eigenvalue weighted by Crippen LogP contribution is 2.41. The van der Waals surface area contributed by atoms with Gasteiger partial charge in [-0.15, -0.1) is 0 Å². The lowest BCUT2D eigenvalue weighted by atomic mass is 10.0. The number of nitrogens with zero attached hydrogens (tertiary/aromatic N) is 1. The number of likely N-dealkylation sites (tertiary alicyclic amines) is 1. The molecule has 0 unspecified atom stereocenters. The van der Waals surface area contributed by atoms with Gasteiger partial charge in [0.1, 0.15) is 0 Å². The van der Waals surface area contributed by atoms with Gasteiger partial charge in [-0.25, -0.2) is 13.1 Å². The fourth-order valence-electron chi connectivity index (χ4n) is 4.21. The van der Waals surface area contributed by atoms with E-state index in [1.807, 2.05) is 0 Å². The summed E-state index contributed by atoms with van der Waals surface area (Å²) in [7, 11) is -2.47. The third kappa shape index (κ3) is 4.61. The third-order valence-electron chi connectivity index (χ3n) is 6.14. The van der Waals surface area contributed by atoms with Crippen LogP contribution < -0.4 is 10.0 Å². The van der Waals surface area contributed by atoms with E-state index in [2.05, 4.69) is 45.3 Å². The van der Waals surface area contributed by atoms with Crippen molar-refractivity contribution in [3.05, 3.63) is 35.9 Å². The van der Waals surface area contributed by atoms with Gasteiger partial charge in [-0.1, -0.05) is 30.3 Å². The summed E-state index contributed by atoms with van der Waals surface area (Å²) in [6.45, 7) is 3.26. The van der Waals surface area contributed by atoms with Crippen LogP contribution in [0.25, 0.3) is 0 Å². The summed E-state index contributed by atoms with van der Waals surface area (Å²) < 4.78 is 24.5. The molecule has 2 aliphatic carbocycles. The van der Waals surface area contributed by atoms with E-state index in [0.29, 0.717) is 18.0 Å². The van der Waals surface area contributed by atoms with Crippen molar-refractivity contribution in [2.75, 3.05) is 19.6 Å². The van der Waals surface area contributed by atoms with Gasteiger partial charge < -0.3 is 10.2 Å². The maximum atomic E-state index is 10.9. The van der Waals surface area contributed by atoms with Crippen LogP contribution in [0.2, 0.25) is 0 Å². The zero-order valence-corrected chi connectivity index (χ0v) is 15.6. The van der Waals surface area contributed by atoms with Crippen molar-refractivity contribution in [3.8, 4) is 0 Å². The van der Waals surface area contributed by atoms with Crippen LogP contribution in [0.1, 0.15) is 50.0 Å². The van der Waals surface area contributed by atoms with Crippen LogP contribution in [0, 0.1) is 0 Å². The van der Waals surface area contributed by atoms with E-state index in [1.54, 1.807) is 0 Å². The summed E-state index contributed by atoms with van der Waals surface area (Å²) in [6, 6.07) is 12.1. The minimum absolute atomic E-state index is 0.110. The Morgan fingerprint density at radius 2 is 1.84 bits per heavy atom. The van der Waals surface area contributed by atoms with Crippen molar-refractivity contribution in [3.63, 3.8) is 0 Å². The van der Waals surface area contributed by atoms with Gasteiger partial charge in [0.15, 0.2) is 0 Å². The molecule has 1 aromatic carbocycles. The van der Waals surface area contributed by atoms with Gasteiger partial charge in [-0.2, -0.15) is 0 Å². The van der Waals surface area contributed by atoms with Crippen molar-refractivity contribution in [1.29, 1.82) is 0 Å². The molecule has 0 aromatic heterocycles. The maximum Gasteiger partial charge on any atom is 0.201 e. The number of thiol groups is 1. The highest BCUT2D eigenvalue weighted by atomic mass is 32.2. The zero-order chi connectivity index (χ0) is 17.3. The predicted molar refractivity (Wildman–Crippen MR) is 100 cm³/mol. The lowest BCUT2D eigenvalue weighted by Crippen LogP contribution is -2.45. The molecule has 138 valence electrons. The van der Waals surface area contributed by atoms with Crippen LogP contribution in [0.15, 0.2) is 30.3 Å². The highest BCUT2D eigenvalue weighted by molar-refractivity contribution is 7.70. The summed E-state index contributed by atoms with van der Waals surface area (Å²) in [5, 5.41) is 3.85. The first-order chi connectivity index (χ1) is 12.1. The van der Waals surface area contributed by atoms with Crippen molar-refractivity contribution < 1.29 is 8.42 Å². The highest BCUT2D eigenvalue weighted by Gasteiger charge is 2.43. The Balaban J connectivity index is 1.16. The van der Waals surface area contributed by atoms with Gasteiger partial charge in [0.2, 0.25) is 10.9 Å². The monoisotopic (exact) mass is 363 g/mol. The number of hydrogen-bond donors (Lipinski definition) is 3. The molecular formula is C19H29N3O2S. The molecule has 1 aliphatic heterocycles. The van der Waals surface area contributed by atoms with Crippen LogP contribution in [0.3, 0.4) is 0 Å². The van der Waals surface area contributed by atoms with Gasteiger partial charge in [0, 0.05) is 23.5 Å². The zero-order valence-electron chi connectivity index (χ0n) is 14.7. The minimum Gasteiger partial charge on any atom is -0.311 e. The molecule has 1 saturated heterocycles. The van der Waals surface area contributed by atoms with Crippen molar-refractivity contribution in [2.45, 2.75) is 62.1 Å². The van der Waals surface area contributed by atoms with Gasteiger partial charge >= 0.3 is 0 Å². The van der Waals surface area contributed by atoms with Gasteiger partial charge in [0.25, 0.3) is 0 Å². The van der Waals surface area contributed by atoms with Crippen LogP contribution in [-0.4, -0.2) is 50.6 Å². The standard InChI is InChI=1S/C19H29N3O2S/c23-25(24)21-19(8-9-19)10-13-22-11-6-16(7-12-22)20-18-14-17(18)15-4-2-1-3-5-15/h1-5,16-18,20,25H,6-14H2,(H,21,23,24)/t17-,18+/m0/s1. The molecule has 0 amide bonds. The van der Waals surface area contributed by atoms with Crippen molar-refractivity contribution >= 4 is 10.9 Å². The molecule has 3 fully saturated rings. The second-order valence-electron chi connectivity index (χ2n) is 8.04. The normalized spacial score (nSPS) is 29.0. The molecule has 25 heavy (non-hydrogen) atoms. The minimum atomic E-state index is -2.47. The summed E-state index contributed by atoms with van der Waals surface area (Å²) in [6.07, 6.45) is 6.62. The average molecular weight is 364 g/mol. The molecule has 2 atom stereocenters. The second kappa shape index (κ2) is 7.35. The van der Waals surface area contributed by atoms with E-state index in [9.17, 15) is 8.42 Å². The maximum absolute atomic E-state index is 10.9. The fourth-order valence-corrected chi connectivity index (χ4v) is 4.93. The number of hydrogen-bond acceptors (Lipinski definition) is 4. The summed E-state index contributed by atoms with van der Waals surface area (Å²) in [5.41, 5.74) is 1.36. The van der Waals surface area contributed by atoms with E-state index >= 15 is 0 Å². The topological polar surface area (TPSA) is 61.4 Å². The van der Waals surface area contributed by atoms with Crippen molar-refractivity contribution in [2.24, 2.45) is 0 Å². The lowest BCUT2D eigenvalue weighted by molar-refractivity contribution is 0.188. The fraction of sp³-hybridized carbons (Fsp3) is 0.684. The Morgan fingerprint density at radius 3 is 2.48 bits per heavy atom. The largest absolute Gasteiger partial charge is 0.311 e. The molecule has 1 aromatic rings. The third-order valence-corrected chi connectivity index (χ3v) is 6.80. The first kappa shape index (κ1) is 17.5. The Hall–Kier alpha value is -0.950. The SMILES string of the molecule is O=[SH](=O)NC1(CCN2CCC(N[C@@H]3C[C@H]3c3ccccc3)CC2)CC1. The molecule has 1 heterocycles. The number of rotatable bonds is 8. The molecule has 2 saturated carbocycles. The van der Waals surface area contributed by atoms with Gasteiger partial charge in [0.05, 0.1) is 0 Å². The first-order valence-corrected chi connectivity index (χ1v) is 10.8. The molecule has 3 aliphatic rings. The van der Waals surface area contributed by atoms with E-state index < -0.39 is 10.9 Å². The number of piperidine rings is 1. The molecule has 5 nitrogen and oxygen atoms in total. The summed E-state index contributed by atoms with van der Waals surface area (Å²) in [4.78, 5) is 2.50. The van der Waals surface area contributed by atoms with Gasteiger partial charge in [-0.3, -0.25) is 0 Å². The van der Waals surface area contributed by atoms with Crippen LogP contribution in [-0.2, 0) is 10.9 Å². The van der Waals surface area contributed by atoms with E-state index in [-0.39, 0.29) is 5.54 Å². The average Bonchev–Trinajstić information content (AvgIpc) is 3.53.